The predicted octanol–water partition coefficient (Wildman–Crippen LogP) is 1.31. The molecular weight excluding hydrogens is 338 g/mol. The van der Waals surface area contributed by atoms with Crippen molar-refractivity contribution in [1.29, 1.82) is 0 Å². The molecule has 1 N–H and O–H groups in total. The van der Waals surface area contributed by atoms with E-state index < -0.39 is 10.0 Å². The Bertz CT molecular complexity index is 817. The smallest absolute Gasteiger partial charge is 0.214 e. The molecule has 7 nitrogen and oxygen atoms in total. The second-order valence-electron chi connectivity index (χ2n) is 6.88. The summed E-state index contributed by atoms with van der Waals surface area (Å²) in [5, 5.41) is 4.28. The number of fused-ring (bicyclic) bond motifs is 1. The van der Waals surface area contributed by atoms with Crippen molar-refractivity contribution >= 4 is 10.0 Å². The van der Waals surface area contributed by atoms with Crippen LogP contribution in [-0.4, -0.2) is 46.4 Å². The number of hydrogen-bond acceptors (Lipinski definition) is 5. The number of nitrogens with zero attached hydrogens (tertiary/aromatic N) is 4. The van der Waals surface area contributed by atoms with E-state index in [0.29, 0.717) is 6.54 Å². The SMILES string of the molecule is O=S(=O)(NCCC1CN(Cc2cccnc2)Cc2ccnn21)C1CC1. The summed E-state index contributed by atoms with van der Waals surface area (Å²) >= 11 is 0. The lowest BCUT2D eigenvalue weighted by Gasteiger charge is -2.34. The van der Waals surface area contributed by atoms with Gasteiger partial charge in [-0.2, -0.15) is 5.10 Å². The lowest BCUT2D eigenvalue weighted by atomic mass is 10.1. The van der Waals surface area contributed by atoms with Gasteiger partial charge in [0.25, 0.3) is 0 Å². The van der Waals surface area contributed by atoms with Gasteiger partial charge in [-0.05, 0) is 37.0 Å². The molecule has 0 aromatic carbocycles. The number of sulfonamides is 1. The molecule has 8 heteroatoms. The van der Waals surface area contributed by atoms with Gasteiger partial charge in [0.05, 0.1) is 17.0 Å². The van der Waals surface area contributed by atoms with Crippen molar-refractivity contribution in [2.45, 2.75) is 43.6 Å². The van der Waals surface area contributed by atoms with Gasteiger partial charge >= 0.3 is 0 Å². The first kappa shape index (κ1) is 16.7. The molecule has 1 aliphatic carbocycles. The Balaban J connectivity index is 1.40. The molecule has 0 amide bonds. The second kappa shape index (κ2) is 6.86. The molecule has 25 heavy (non-hydrogen) atoms. The average Bonchev–Trinajstić information content (AvgIpc) is 3.35. The van der Waals surface area contributed by atoms with Gasteiger partial charge in [0.2, 0.25) is 10.0 Å². The molecule has 3 heterocycles. The van der Waals surface area contributed by atoms with Crippen LogP contribution < -0.4 is 4.72 Å². The molecule has 0 saturated heterocycles. The third-order valence-corrected chi connectivity index (χ3v) is 6.78. The summed E-state index contributed by atoms with van der Waals surface area (Å²) < 4.78 is 28.8. The first-order valence-corrected chi connectivity index (χ1v) is 10.3. The highest BCUT2D eigenvalue weighted by atomic mass is 32.2. The van der Waals surface area contributed by atoms with E-state index in [0.717, 1.165) is 38.9 Å². The van der Waals surface area contributed by atoms with Crippen LogP contribution in [0.5, 0.6) is 0 Å². The van der Waals surface area contributed by atoms with Gasteiger partial charge in [-0.25, -0.2) is 13.1 Å². The van der Waals surface area contributed by atoms with E-state index in [4.69, 9.17) is 0 Å². The second-order valence-corrected chi connectivity index (χ2v) is 8.92. The Labute approximate surface area is 148 Å². The Morgan fingerprint density at radius 2 is 2.12 bits per heavy atom. The number of hydrogen-bond donors (Lipinski definition) is 1. The van der Waals surface area contributed by atoms with Crippen molar-refractivity contribution in [2.75, 3.05) is 13.1 Å². The fourth-order valence-corrected chi connectivity index (χ4v) is 4.81. The van der Waals surface area contributed by atoms with Crippen LogP contribution in [-0.2, 0) is 23.1 Å². The van der Waals surface area contributed by atoms with Crippen molar-refractivity contribution < 1.29 is 8.42 Å². The predicted molar refractivity (Wildman–Crippen MR) is 94.2 cm³/mol. The van der Waals surface area contributed by atoms with Crippen molar-refractivity contribution in [2.24, 2.45) is 0 Å². The monoisotopic (exact) mass is 361 g/mol. The summed E-state index contributed by atoms with van der Waals surface area (Å²) in [6.45, 7) is 3.00. The maximum absolute atomic E-state index is 12.0. The third-order valence-electron chi connectivity index (χ3n) is 4.83. The molecule has 1 saturated carbocycles. The Kier molecular flexibility index (Phi) is 4.58. The zero-order valence-electron chi connectivity index (χ0n) is 14.1. The molecule has 2 aromatic rings. The first-order valence-electron chi connectivity index (χ1n) is 8.74. The number of pyridine rings is 1. The van der Waals surface area contributed by atoms with E-state index in [-0.39, 0.29) is 11.3 Å². The fraction of sp³-hybridized carbons (Fsp3) is 0.529. The van der Waals surface area contributed by atoms with E-state index in [1.807, 2.05) is 29.2 Å². The molecule has 2 aromatic heterocycles. The van der Waals surface area contributed by atoms with Crippen LogP contribution in [0.1, 0.15) is 36.6 Å². The topological polar surface area (TPSA) is 80.1 Å². The van der Waals surface area contributed by atoms with Gasteiger partial charge in [-0.1, -0.05) is 6.07 Å². The lowest BCUT2D eigenvalue weighted by molar-refractivity contribution is 0.162. The molecule has 0 bridgehead atoms. The summed E-state index contributed by atoms with van der Waals surface area (Å²) in [6, 6.07) is 6.25. The van der Waals surface area contributed by atoms with Crippen molar-refractivity contribution in [3.63, 3.8) is 0 Å². The molecule has 1 fully saturated rings. The van der Waals surface area contributed by atoms with Crippen LogP contribution in [0.15, 0.2) is 36.8 Å². The van der Waals surface area contributed by atoms with E-state index in [9.17, 15) is 8.42 Å². The summed E-state index contributed by atoms with van der Waals surface area (Å²) in [7, 11) is -3.12. The zero-order chi connectivity index (χ0) is 17.3. The summed E-state index contributed by atoms with van der Waals surface area (Å²) in [4.78, 5) is 6.55. The minimum Gasteiger partial charge on any atom is -0.291 e. The Hall–Kier alpha value is -1.77. The average molecular weight is 361 g/mol. The molecular formula is C17H23N5O2S. The van der Waals surface area contributed by atoms with Crippen LogP contribution >= 0.6 is 0 Å². The highest BCUT2D eigenvalue weighted by Gasteiger charge is 2.35. The molecule has 0 radical (unpaired) electrons. The Morgan fingerprint density at radius 1 is 1.24 bits per heavy atom. The largest absolute Gasteiger partial charge is 0.291 e. The molecule has 0 spiro atoms. The highest BCUT2D eigenvalue weighted by molar-refractivity contribution is 7.90. The van der Waals surface area contributed by atoms with Crippen LogP contribution in [0.4, 0.5) is 0 Å². The molecule has 1 unspecified atom stereocenters. The van der Waals surface area contributed by atoms with Gasteiger partial charge in [0.1, 0.15) is 0 Å². The summed E-state index contributed by atoms with van der Waals surface area (Å²) in [6.07, 6.45) is 7.82. The highest BCUT2D eigenvalue weighted by Crippen LogP contribution is 2.28. The number of nitrogens with one attached hydrogen (secondary N) is 1. The number of rotatable bonds is 7. The minimum atomic E-state index is -3.12. The maximum Gasteiger partial charge on any atom is 0.214 e. The maximum atomic E-state index is 12.0. The molecule has 4 rings (SSSR count). The quantitative estimate of drug-likeness (QED) is 0.804. The minimum absolute atomic E-state index is 0.166. The summed E-state index contributed by atoms with van der Waals surface area (Å²) in [5.74, 6) is 0. The van der Waals surface area contributed by atoms with Crippen LogP contribution in [0.2, 0.25) is 0 Å². The summed E-state index contributed by atoms with van der Waals surface area (Å²) in [5.41, 5.74) is 2.36. The normalized spacial score (nSPS) is 21.2. The van der Waals surface area contributed by atoms with Gasteiger partial charge in [-0.15, -0.1) is 0 Å². The number of aromatic nitrogens is 3. The standard InChI is InChI=1S/C17H23N5O2S/c23-25(24,17-3-4-17)20-9-6-16-13-21(11-14-2-1-7-18-10-14)12-15-5-8-19-22(15)16/h1-2,5,7-8,10,16-17,20H,3-4,6,9,11-13H2. The van der Waals surface area contributed by atoms with Gasteiger partial charge in [0.15, 0.2) is 0 Å². The van der Waals surface area contributed by atoms with E-state index in [2.05, 4.69) is 25.8 Å². The van der Waals surface area contributed by atoms with Gasteiger partial charge in [0, 0.05) is 44.8 Å². The van der Waals surface area contributed by atoms with Gasteiger partial charge in [-0.3, -0.25) is 14.6 Å². The molecule has 1 aliphatic heterocycles. The lowest BCUT2D eigenvalue weighted by Crippen LogP contribution is -2.39. The third kappa shape index (κ3) is 3.91. The zero-order valence-corrected chi connectivity index (χ0v) is 14.9. The van der Waals surface area contributed by atoms with Crippen LogP contribution in [0.25, 0.3) is 0 Å². The van der Waals surface area contributed by atoms with Crippen molar-refractivity contribution in [1.82, 2.24) is 24.4 Å². The van der Waals surface area contributed by atoms with E-state index in [1.165, 1.54) is 11.3 Å². The van der Waals surface area contributed by atoms with Crippen molar-refractivity contribution in [3.05, 3.63) is 48.0 Å². The van der Waals surface area contributed by atoms with Crippen molar-refractivity contribution in [3.8, 4) is 0 Å². The molecule has 1 atom stereocenters. The van der Waals surface area contributed by atoms with Crippen LogP contribution in [0.3, 0.4) is 0 Å². The van der Waals surface area contributed by atoms with E-state index in [1.54, 1.807) is 6.20 Å². The van der Waals surface area contributed by atoms with Crippen LogP contribution in [0, 0.1) is 0 Å². The van der Waals surface area contributed by atoms with Gasteiger partial charge < -0.3 is 0 Å². The Morgan fingerprint density at radius 3 is 2.88 bits per heavy atom. The van der Waals surface area contributed by atoms with E-state index >= 15 is 0 Å². The fourth-order valence-electron chi connectivity index (χ4n) is 3.41. The first-order chi connectivity index (χ1) is 12.1. The molecule has 134 valence electrons. The molecule has 2 aliphatic rings.